The van der Waals surface area contributed by atoms with Crippen molar-refractivity contribution in [2.24, 2.45) is 0 Å². The minimum Gasteiger partial charge on any atom is -0.349 e. The Morgan fingerprint density at radius 3 is 1.03 bits per heavy atom. The van der Waals surface area contributed by atoms with Crippen molar-refractivity contribution in [3.05, 3.63) is 140 Å². The van der Waals surface area contributed by atoms with Crippen molar-refractivity contribution >= 4 is 28.0 Å². The van der Waals surface area contributed by atoms with Gasteiger partial charge in [-0.2, -0.15) is 21.9 Å². The maximum Gasteiger partial charge on any atom is 0.108 e. The first kappa shape index (κ1) is 20.4. The predicted octanol–water partition coefficient (Wildman–Crippen LogP) is 3.78. The summed E-state index contributed by atoms with van der Waals surface area (Å²) in [5.41, 5.74) is 6.46. The van der Waals surface area contributed by atoms with E-state index in [1.807, 2.05) is 6.92 Å². The molecule has 1 N–H and O–H groups in total. The summed E-state index contributed by atoms with van der Waals surface area (Å²) in [5, 5.41) is 0. The van der Waals surface area contributed by atoms with E-state index < -0.39 is 6.15 Å². The Bertz CT molecular complexity index is 994. The van der Waals surface area contributed by atoms with Crippen LogP contribution < -0.4 is 21.9 Å². The lowest BCUT2D eigenvalue weighted by Gasteiger charge is -2.44. The van der Waals surface area contributed by atoms with Crippen LogP contribution in [0.15, 0.2) is 134 Å². The van der Waals surface area contributed by atoms with Crippen molar-refractivity contribution in [1.82, 2.24) is 9.97 Å². The topological polar surface area (TPSA) is 28.7 Å². The summed E-state index contributed by atoms with van der Waals surface area (Å²) >= 11 is 0. The van der Waals surface area contributed by atoms with E-state index >= 15 is 0 Å². The second-order valence-electron chi connectivity index (χ2n) is 7.74. The summed E-state index contributed by atoms with van der Waals surface area (Å²) in [5.74, 6) is 0. The number of hydrogen-bond acceptors (Lipinski definition) is 1. The second-order valence-corrected chi connectivity index (χ2v) is 7.74. The summed E-state index contributed by atoms with van der Waals surface area (Å²) in [6.07, 6.45) is 2.22. The van der Waals surface area contributed by atoms with Gasteiger partial charge in [0.25, 0.3) is 0 Å². The Hall–Kier alpha value is -3.85. The fraction of sp³-hybridized carbons (Fsp3) is 0.0357. The van der Waals surface area contributed by atoms with Crippen LogP contribution in [-0.4, -0.2) is 16.1 Å². The number of nitrogens with zero attached hydrogens (tertiary/aromatic N) is 1. The zero-order valence-electron chi connectivity index (χ0n) is 17.7. The third kappa shape index (κ3) is 4.36. The molecule has 0 aliphatic carbocycles. The number of aromatic nitrogens is 2. The number of hydrogen-bond donors (Lipinski definition) is 1. The molecule has 0 saturated carbocycles. The number of imidazole rings is 1. The summed E-state index contributed by atoms with van der Waals surface area (Å²) in [7, 11) is 0. The first-order chi connectivity index (χ1) is 15.3. The molecule has 0 amide bonds. The van der Waals surface area contributed by atoms with Crippen LogP contribution in [0.25, 0.3) is 0 Å². The van der Waals surface area contributed by atoms with Gasteiger partial charge >= 0.3 is 0 Å². The van der Waals surface area contributed by atoms with Gasteiger partial charge in [0.05, 0.1) is 6.33 Å². The van der Waals surface area contributed by atoms with Crippen LogP contribution in [0, 0.1) is 6.92 Å². The summed E-state index contributed by atoms with van der Waals surface area (Å²) < 4.78 is 0. The lowest BCUT2D eigenvalue weighted by Crippen LogP contribution is -2.74. The Morgan fingerprint density at radius 1 is 0.516 bits per heavy atom. The van der Waals surface area contributed by atoms with Gasteiger partial charge in [-0.05, 0) is 6.92 Å². The molecular weight excluding hydrogens is 375 g/mol. The van der Waals surface area contributed by atoms with Crippen molar-refractivity contribution in [2.45, 2.75) is 6.92 Å². The number of nitrogens with one attached hydrogen (secondary N) is 1. The number of aromatic amines is 1. The highest BCUT2D eigenvalue weighted by atomic mass is 14.8. The fourth-order valence-electron chi connectivity index (χ4n) is 4.45. The van der Waals surface area contributed by atoms with Crippen molar-refractivity contribution in [3.8, 4) is 0 Å². The smallest absolute Gasteiger partial charge is 0.108 e. The molecule has 0 spiro atoms. The van der Waals surface area contributed by atoms with Crippen LogP contribution in [0.4, 0.5) is 0 Å². The molecule has 5 rings (SSSR count). The SMILES string of the molecule is Cc1cnc[nH]1.c1ccc([B-](c2ccccc2)(c2ccccc2)c2ccccc2)cc1. The largest absolute Gasteiger partial charge is 0.349 e. The average Bonchev–Trinajstić information content (AvgIpc) is 3.34. The van der Waals surface area contributed by atoms with Gasteiger partial charge in [-0.15, -0.1) is 0 Å². The van der Waals surface area contributed by atoms with Gasteiger partial charge in [0.2, 0.25) is 0 Å². The van der Waals surface area contributed by atoms with E-state index in [0.717, 1.165) is 5.69 Å². The molecule has 0 radical (unpaired) electrons. The molecule has 31 heavy (non-hydrogen) atoms. The highest BCUT2D eigenvalue weighted by Crippen LogP contribution is 2.09. The van der Waals surface area contributed by atoms with E-state index in [1.54, 1.807) is 12.5 Å². The molecule has 0 aliphatic heterocycles. The Kier molecular flexibility index (Phi) is 6.44. The molecule has 1 heterocycles. The zero-order chi connectivity index (χ0) is 21.4. The van der Waals surface area contributed by atoms with Gasteiger partial charge in [0.1, 0.15) is 6.15 Å². The molecule has 0 saturated heterocycles. The molecular formula is C28H26BN2-. The fourth-order valence-corrected chi connectivity index (χ4v) is 4.45. The van der Waals surface area contributed by atoms with E-state index in [2.05, 4.69) is 131 Å². The Morgan fingerprint density at radius 2 is 0.839 bits per heavy atom. The van der Waals surface area contributed by atoms with Crippen LogP contribution in [0.3, 0.4) is 0 Å². The lowest BCUT2D eigenvalue weighted by atomic mass is 9.13. The van der Waals surface area contributed by atoms with Crippen LogP contribution in [0.1, 0.15) is 5.69 Å². The number of H-pyrrole nitrogens is 1. The van der Waals surface area contributed by atoms with Crippen LogP contribution >= 0.6 is 0 Å². The predicted molar refractivity (Wildman–Crippen MR) is 133 cm³/mol. The van der Waals surface area contributed by atoms with Crippen molar-refractivity contribution < 1.29 is 0 Å². The third-order valence-corrected chi connectivity index (χ3v) is 5.83. The molecule has 0 bridgehead atoms. The van der Waals surface area contributed by atoms with E-state index in [0.29, 0.717) is 0 Å². The van der Waals surface area contributed by atoms with E-state index in [1.165, 1.54) is 21.9 Å². The van der Waals surface area contributed by atoms with E-state index in [4.69, 9.17) is 0 Å². The molecule has 0 atom stereocenters. The normalized spacial score (nSPS) is 10.7. The highest BCUT2D eigenvalue weighted by molar-refractivity contribution is 7.19. The second kappa shape index (κ2) is 9.77. The minimum absolute atomic E-state index is 1.11. The molecule has 152 valence electrons. The molecule has 0 aliphatic rings. The van der Waals surface area contributed by atoms with Crippen LogP contribution in [-0.2, 0) is 0 Å². The number of rotatable bonds is 4. The summed E-state index contributed by atoms with van der Waals surface area (Å²) in [6, 6.07) is 43.5. The molecule has 0 fully saturated rings. The first-order valence-electron chi connectivity index (χ1n) is 10.6. The Labute approximate surface area is 184 Å². The van der Waals surface area contributed by atoms with Crippen LogP contribution in [0.5, 0.6) is 0 Å². The Balaban J connectivity index is 0.000000334. The van der Waals surface area contributed by atoms with Crippen molar-refractivity contribution in [2.75, 3.05) is 0 Å². The van der Waals surface area contributed by atoms with Gasteiger partial charge in [0, 0.05) is 11.9 Å². The van der Waals surface area contributed by atoms with Gasteiger partial charge in [-0.3, -0.25) is 0 Å². The van der Waals surface area contributed by atoms with Gasteiger partial charge in [-0.25, -0.2) is 4.98 Å². The summed E-state index contributed by atoms with van der Waals surface area (Å²) in [6.45, 7) is 1.97. The van der Waals surface area contributed by atoms with Gasteiger partial charge < -0.3 is 4.98 Å². The third-order valence-electron chi connectivity index (χ3n) is 5.83. The highest BCUT2D eigenvalue weighted by Gasteiger charge is 2.30. The molecule has 1 aromatic heterocycles. The zero-order valence-corrected chi connectivity index (χ0v) is 17.7. The van der Waals surface area contributed by atoms with Crippen LogP contribution in [0.2, 0.25) is 0 Å². The number of benzene rings is 4. The molecule has 0 unspecified atom stereocenters. The van der Waals surface area contributed by atoms with E-state index in [9.17, 15) is 0 Å². The van der Waals surface area contributed by atoms with Gasteiger partial charge in [0.15, 0.2) is 0 Å². The average molecular weight is 401 g/mol. The minimum atomic E-state index is -1.22. The molecule has 2 nitrogen and oxygen atoms in total. The summed E-state index contributed by atoms with van der Waals surface area (Å²) in [4.78, 5) is 6.66. The first-order valence-corrected chi connectivity index (χ1v) is 10.6. The standard InChI is InChI=1S/C24H20B.C4H6N2/c1-5-13-21(14-6-1)25(22-15-7-2-8-16-22,23-17-9-3-10-18-23)24-19-11-4-12-20-24;1-4-2-5-3-6-4/h1-20H;2-3H,1H3,(H,5,6)/q-1;. The maximum absolute atomic E-state index is 3.77. The van der Waals surface area contributed by atoms with Crippen molar-refractivity contribution in [1.29, 1.82) is 0 Å². The number of aryl methyl sites for hydroxylation is 1. The lowest BCUT2D eigenvalue weighted by molar-refractivity contribution is 1.25. The maximum atomic E-state index is 3.77. The molecule has 5 aromatic rings. The monoisotopic (exact) mass is 401 g/mol. The van der Waals surface area contributed by atoms with E-state index in [-0.39, 0.29) is 0 Å². The molecule has 3 heteroatoms. The molecule has 4 aromatic carbocycles. The van der Waals surface area contributed by atoms with Gasteiger partial charge in [-0.1, -0.05) is 121 Å². The van der Waals surface area contributed by atoms with Crippen molar-refractivity contribution in [3.63, 3.8) is 0 Å². The quantitative estimate of drug-likeness (QED) is 0.456.